The van der Waals surface area contributed by atoms with Crippen LogP contribution in [-0.2, 0) is 4.79 Å². The number of para-hydroxylation sites is 1. The summed E-state index contributed by atoms with van der Waals surface area (Å²) < 4.78 is 5.84. The maximum Gasteiger partial charge on any atom is 0.261 e. The van der Waals surface area contributed by atoms with Crippen LogP contribution in [0.3, 0.4) is 0 Å². The lowest BCUT2D eigenvalue weighted by molar-refractivity contribution is -0.129. The minimum atomic E-state index is -0.400. The molecule has 0 aliphatic heterocycles. The van der Waals surface area contributed by atoms with Crippen molar-refractivity contribution in [3.63, 3.8) is 0 Å². The Balaban J connectivity index is 1.55. The maximum absolute atomic E-state index is 12.5. The molecule has 1 N–H and O–H groups in total. The number of hydrogen-bond acceptors (Lipinski definition) is 2. The van der Waals surface area contributed by atoms with Crippen molar-refractivity contribution >= 4 is 5.91 Å². The number of rotatable bonds is 6. The third kappa shape index (κ3) is 3.29. The van der Waals surface area contributed by atoms with Crippen LogP contribution in [0.2, 0.25) is 0 Å². The molecular weight excluding hydrogens is 274 g/mol. The fraction of sp³-hybridized carbons (Fsp3) is 0.632. The standard InChI is InChI=1S/C19H27NO2/c1-3-18(22-16-7-5-4-6-8-16)19(21)20-13(2)17-12-14-9-10-15(17)11-14/h4-8,13-15,17-18H,3,9-12H2,1-2H3,(H,20,21). The van der Waals surface area contributed by atoms with E-state index < -0.39 is 6.10 Å². The highest BCUT2D eigenvalue weighted by Crippen LogP contribution is 2.49. The molecule has 3 heteroatoms. The number of carbonyl (C=O) groups is 1. The van der Waals surface area contributed by atoms with E-state index in [0.29, 0.717) is 12.3 Å². The van der Waals surface area contributed by atoms with Crippen LogP contribution >= 0.6 is 0 Å². The minimum Gasteiger partial charge on any atom is -0.481 e. The van der Waals surface area contributed by atoms with E-state index in [1.54, 1.807) is 0 Å². The van der Waals surface area contributed by atoms with Gasteiger partial charge in [-0.1, -0.05) is 31.5 Å². The van der Waals surface area contributed by atoms with E-state index in [9.17, 15) is 4.79 Å². The molecule has 5 unspecified atom stereocenters. The van der Waals surface area contributed by atoms with Gasteiger partial charge in [-0.2, -0.15) is 0 Å². The van der Waals surface area contributed by atoms with Crippen LogP contribution in [0.4, 0.5) is 0 Å². The molecule has 2 fully saturated rings. The van der Waals surface area contributed by atoms with Crippen molar-refractivity contribution < 1.29 is 9.53 Å². The van der Waals surface area contributed by atoms with Gasteiger partial charge in [0.2, 0.25) is 0 Å². The molecule has 22 heavy (non-hydrogen) atoms. The highest BCUT2D eigenvalue weighted by molar-refractivity contribution is 5.81. The summed E-state index contributed by atoms with van der Waals surface area (Å²) in [6.07, 6.45) is 5.71. The van der Waals surface area contributed by atoms with Gasteiger partial charge < -0.3 is 10.1 Å². The SMILES string of the molecule is CCC(Oc1ccccc1)C(=O)NC(C)C1CC2CCC1C2. The molecule has 2 aliphatic rings. The summed E-state index contributed by atoms with van der Waals surface area (Å²) in [5.74, 6) is 3.20. The molecule has 0 heterocycles. The monoisotopic (exact) mass is 301 g/mol. The highest BCUT2D eigenvalue weighted by atomic mass is 16.5. The van der Waals surface area contributed by atoms with Crippen molar-refractivity contribution in [1.82, 2.24) is 5.32 Å². The van der Waals surface area contributed by atoms with Gasteiger partial charge in [-0.05, 0) is 62.5 Å². The molecule has 2 bridgehead atoms. The Morgan fingerprint density at radius 2 is 2.05 bits per heavy atom. The molecule has 1 aromatic carbocycles. The first kappa shape index (κ1) is 15.4. The number of hydrogen-bond donors (Lipinski definition) is 1. The van der Waals surface area contributed by atoms with Crippen molar-refractivity contribution in [2.45, 2.75) is 58.1 Å². The average Bonchev–Trinajstić information content (AvgIpc) is 3.16. The van der Waals surface area contributed by atoms with Crippen molar-refractivity contribution in [2.75, 3.05) is 0 Å². The van der Waals surface area contributed by atoms with Crippen molar-refractivity contribution in [3.8, 4) is 5.75 Å². The summed E-state index contributed by atoms with van der Waals surface area (Å²) in [6, 6.07) is 9.86. The summed E-state index contributed by atoms with van der Waals surface area (Å²) >= 11 is 0. The fourth-order valence-corrected chi connectivity index (χ4v) is 4.32. The molecule has 5 atom stereocenters. The number of ether oxygens (including phenoxy) is 1. The number of fused-ring (bicyclic) bond motifs is 2. The maximum atomic E-state index is 12.5. The van der Waals surface area contributed by atoms with Gasteiger partial charge in [0.25, 0.3) is 5.91 Å². The largest absolute Gasteiger partial charge is 0.481 e. The molecule has 0 spiro atoms. The topological polar surface area (TPSA) is 38.3 Å². The van der Waals surface area contributed by atoms with E-state index in [4.69, 9.17) is 4.74 Å². The number of carbonyl (C=O) groups excluding carboxylic acids is 1. The normalized spacial score (nSPS) is 29.1. The van der Waals surface area contributed by atoms with E-state index in [2.05, 4.69) is 12.2 Å². The third-order valence-corrected chi connectivity index (χ3v) is 5.49. The van der Waals surface area contributed by atoms with Crippen LogP contribution in [0.15, 0.2) is 30.3 Å². The van der Waals surface area contributed by atoms with Gasteiger partial charge >= 0.3 is 0 Å². The molecule has 0 aromatic heterocycles. The predicted molar refractivity (Wildman–Crippen MR) is 87.7 cm³/mol. The van der Waals surface area contributed by atoms with Crippen LogP contribution in [0, 0.1) is 17.8 Å². The van der Waals surface area contributed by atoms with Crippen molar-refractivity contribution in [3.05, 3.63) is 30.3 Å². The second kappa shape index (κ2) is 6.72. The molecule has 1 amide bonds. The van der Waals surface area contributed by atoms with Crippen molar-refractivity contribution in [1.29, 1.82) is 0 Å². The molecule has 3 rings (SSSR count). The first-order valence-corrected chi connectivity index (χ1v) is 8.69. The van der Waals surface area contributed by atoms with Gasteiger partial charge in [0.15, 0.2) is 6.10 Å². The smallest absolute Gasteiger partial charge is 0.261 e. The van der Waals surface area contributed by atoms with Crippen LogP contribution in [0.1, 0.15) is 46.0 Å². The number of amides is 1. The zero-order valence-corrected chi connectivity index (χ0v) is 13.6. The van der Waals surface area contributed by atoms with E-state index in [1.807, 2.05) is 37.3 Å². The Kier molecular flexibility index (Phi) is 4.70. The van der Waals surface area contributed by atoms with Crippen LogP contribution in [0.5, 0.6) is 5.75 Å². The van der Waals surface area contributed by atoms with Crippen LogP contribution < -0.4 is 10.1 Å². The molecule has 0 radical (unpaired) electrons. The molecule has 1 aromatic rings. The number of benzene rings is 1. The van der Waals surface area contributed by atoms with Gasteiger partial charge in [0.1, 0.15) is 5.75 Å². The Hall–Kier alpha value is -1.51. The summed E-state index contributed by atoms with van der Waals surface area (Å²) in [5.41, 5.74) is 0. The quantitative estimate of drug-likeness (QED) is 0.868. The molecule has 0 saturated heterocycles. The second-order valence-electron chi connectivity index (χ2n) is 6.96. The summed E-state index contributed by atoms with van der Waals surface area (Å²) in [7, 11) is 0. The van der Waals surface area contributed by atoms with Gasteiger partial charge in [0.05, 0.1) is 0 Å². The van der Waals surface area contributed by atoms with E-state index in [1.165, 1.54) is 25.7 Å². The first-order valence-electron chi connectivity index (χ1n) is 8.69. The van der Waals surface area contributed by atoms with Gasteiger partial charge in [-0.15, -0.1) is 0 Å². The Labute approximate surface area is 133 Å². The lowest BCUT2D eigenvalue weighted by atomic mass is 9.84. The second-order valence-corrected chi connectivity index (χ2v) is 6.96. The van der Waals surface area contributed by atoms with E-state index >= 15 is 0 Å². The average molecular weight is 301 g/mol. The van der Waals surface area contributed by atoms with Crippen molar-refractivity contribution in [2.24, 2.45) is 17.8 Å². The van der Waals surface area contributed by atoms with Crippen LogP contribution in [-0.4, -0.2) is 18.1 Å². The Morgan fingerprint density at radius 1 is 1.27 bits per heavy atom. The highest BCUT2D eigenvalue weighted by Gasteiger charge is 2.42. The molecule has 120 valence electrons. The molecule has 2 aliphatic carbocycles. The number of nitrogens with one attached hydrogen (secondary N) is 1. The van der Waals surface area contributed by atoms with Crippen LogP contribution in [0.25, 0.3) is 0 Å². The molecular formula is C19H27NO2. The third-order valence-electron chi connectivity index (χ3n) is 5.49. The zero-order valence-electron chi connectivity index (χ0n) is 13.6. The van der Waals surface area contributed by atoms with E-state index in [-0.39, 0.29) is 11.9 Å². The van der Waals surface area contributed by atoms with Gasteiger partial charge in [0, 0.05) is 6.04 Å². The minimum absolute atomic E-state index is 0.0293. The first-order chi connectivity index (χ1) is 10.7. The van der Waals surface area contributed by atoms with Gasteiger partial charge in [-0.3, -0.25) is 4.79 Å². The lowest BCUT2D eigenvalue weighted by Gasteiger charge is -2.29. The summed E-state index contributed by atoms with van der Waals surface area (Å²) in [4.78, 5) is 12.5. The summed E-state index contributed by atoms with van der Waals surface area (Å²) in [6.45, 7) is 4.16. The molecule has 3 nitrogen and oxygen atoms in total. The Bertz CT molecular complexity index is 501. The Morgan fingerprint density at radius 3 is 2.64 bits per heavy atom. The van der Waals surface area contributed by atoms with E-state index in [0.717, 1.165) is 17.6 Å². The molecule has 2 saturated carbocycles. The lowest BCUT2D eigenvalue weighted by Crippen LogP contribution is -2.46. The fourth-order valence-electron chi connectivity index (χ4n) is 4.32. The summed E-state index contributed by atoms with van der Waals surface area (Å²) in [5, 5.41) is 3.21. The van der Waals surface area contributed by atoms with Gasteiger partial charge in [-0.25, -0.2) is 0 Å². The predicted octanol–water partition coefficient (Wildman–Crippen LogP) is 3.78. The zero-order chi connectivity index (χ0) is 15.5.